The fourth-order valence-electron chi connectivity index (χ4n) is 6.43. The van der Waals surface area contributed by atoms with E-state index in [-0.39, 0.29) is 11.7 Å². The van der Waals surface area contributed by atoms with Crippen LogP contribution < -0.4 is 10.2 Å². The molecule has 1 aliphatic carbocycles. The standard InChI is InChI=1S/C28H42N4O4S/c1-4-22-5-7-24(8-6-22)26-29-27(33)28(30-26)12-14-31(15-13-28)37(34,35)16-11-23-9-10-25(17-20(23)2)32-19-36-18-21(32)3/h9-10,17,21-22,24H,4-8,11-16,18-19H2,1-3H3,(H,29,30,33)/t21?,22-,24-. The van der Waals surface area contributed by atoms with Crippen LogP contribution in [0.4, 0.5) is 5.69 Å². The van der Waals surface area contributed by atoms with Crippen molar-refractivity contribution in [2.75, 3.05) is 37.1 Å². The predicted molar refractivity (Wildman–Crippen MR) is 146 cm³/mol. The van der Waals surface area contributed by atoms with Gasteiger partial charge >= 0.3 is 0 Å². The maximum atomic E-state index is 13.2. The molecule has 3 fully saturated rings. The average Bonchev–Trinajstić information content (AvgIpc) is 3.46. The van der Waals surface area contributed by atoms with Gasteiger partial charge < -0.3 is 15.0 Å². The van der Waals surface area contributed by atoms with E-state index in [1.807, 2.05) is 13.0 Å². The third-order valence-electron chi connectivity index (χ3n) is 9.16. The monoisotopic (exact) mass is 530 g/mol. The molecule has 1 spiro atoms. The molecule has 9 heteroatoms. The Balaban J connectivity index is 1.17. The van der Waals surface area contributed by atoms with Gasteiger partial charge in [0.2, 0.25) is 10.0 Å². The summed E-state index contributed by atoms with van der Waals surface area (Å²) in [5.74, 6) is 2.02. The number of sulfonamides is 1. The minimum absolute atomic E-state index is 0.0365. The second-order valence-electron chi connectivity index (χ2n) is 11.5. The quantitative estimate of drug-likeness (QED) is 0.581. The zero-order valence-electron chi connectivity index (χ0n) is 22.5. The topological polar surface area (TPSA) is 91.3 Å². The highest BCUT2D eigenvalue weighted by atomic mass is 32.2. The van der Waals surface area contributed by atoms with Crippen LogP contribution in [0.15, 0.2) is 23.2 Å². The molecule has 1 atom stereocenters. The number of rotatable bonds is 7. The molecular formula is C28H42N4O4S. The van der Waals surface area contributed by atoms with E-state index in [0.29, 0.717) is 51.0 Å². The summed E-state index contributed by atoms with van der Waals surface area (Å²) in [6, 6.07) is 6.57. The number of nitrogens with one attached hydrogen (secondary N) is 1. The molecule has 0 bridgehead atoms. The largest absolute Gasteiger partial charge is 0.359 e. The zero-order valence-corrected chi connectivity index (χ0v) is 23.4. The average molecular weight is 531 g/mol. The predicted octanol–water partition coefficient (Wildman–Crippen LogP) is 3.63. The highest BCUT2D eigenvalue weighted by Gasteiger charge is 2.48. The first-order valence-electron chi connectivity index (χ1n) is 14.0. The van der Waals surface area contributed by atoms with Crippen LogP contribution in [0.3, 0.4) is 0 Å². The molecule has 5 rings (SSSR count). The van der Waals surface area contributed by atoms with Gasteiger partial charge in [-0.25, -0.2) is 12.7 Å². The van der Waals surface area contributed by atoms with Gasteiger partial charge in [-0.1, -0.05) is 19.4 Å². The van der Waals surface area contributed by atoms with Crippen LogP contribution in [0.1, 0.15) is 69.9 Å². The second-order valence-corrected chi connectivity index (χ2v) is 13.6. The first-order valence-corrected chi connectivity index (χ1v) is 15.6. The normalized spacial score (nSPS) is 28.5. The Hall–Kier alpha value is -1.97. The summed E-state index contributed by atoms with van der Waals surface area (Å²) < 4.78 is 33.5. The van der Waals surface area contributed by atoms with Gasteiger partial charge in [-0.2, -0.15) is 0 Å². The highest BCUT2D eigenvalue weighted by Crippen LogP contribution is 2.36. The molecular weight excluding hydrogens is 488 g/mol. The lowest BCUT2D eigenvalue weighted by Gasteiger charge is -2.34. The number of aliphatic imine (C=N–C) groups is 1. The SMILES string of the molecule is CC[C@H]1CC[C@H](C2=NC3(CCN(S(=O)(=O)CCc4ccc(N5COCC5C)cc4C)CC3)C(=O)N2)CC1. The summed E-state index contributed by atoms with van der Waals surface area (Å²) in [6.45, 7) is 8.45. The fourth-order valence-corrected chi connectivity index (χ4v) is 7.90. The van der Waals surface area contributed by atoms with Crippen molar-refractivity contribution in [3.63, 3.8) is 0 Å². The summed E-state index contributed by atoms with van der Waals surface area (Å²) in [5.41, 5.74) is 2.48. The van der Waals surface area contributed by atoms with Crippen molar-refractivity contribution in [1.82, 2.24) is 9.62 Å². The number of hydrogen-bond acceptors (Lipinski definition) is 6. The Labute approximate surface area is 221 Å². The summed E-state index contributed by atoms with van der Waals surface area (Å²) in [6.07, 6.45) is 7.17. The van der Waals surface area contributed by atoms with Crippen LogP contribution in [0.5, 0.6) is 0 Å². The molecule has 1 aromatic rings. The van der Waals surface area contributed by atoms with E-state index in [1.54, 1.807) is 4.31 Å². The van der Waals surface area contributed by atoms with Crippen molar-refractivity contribution in [3.05, 3.63) is 29.3 Å². The van der Waals surface area contributed by atoms with Gasteiger partial charge in [0.1, 0.15) is 18.1 Å². The third-order valence-corrected chi connectivity index (χ3v) is 11.0. The Bertz CT molecular complexity index is 1130. The molecule has 204 valence electrons. The van der Waals surface area contributed by atoms with E-state index in [0.717, 1.165) is 48.0 Å². The van der Waals surface area contributed by atoms with Gasteiger partial charge in [-0.15, -0.1) is 0 Å². The van der Waals surface area contributed by atoms with Crippen molar-refractivity contribution in [3.8, 4) is 0 Å². The van der Waals surface area contributed by atoms with E-state index in [1.165, 1.54) is 19.3 Å². The number of ether oxygens (including phenoxy) is 1. The van der Waals surface area contributed by atoms with Crippen molar-refractivity contribution < 1.29 is 17.9 Å². The molecule has 1 amide bonds. The van der Waals surface area contributed by atoms with Gasteiger partial charge in [-0.05, 0) is 88.0 Å². The molecule has 0 radical (unpaired) electrons. The molecule has 1 aromatic carbocycles. The summed E-state index contributed by atoms with van der Waals surface area (Å²) >= 11 is 0. The molecule has 1 saturated carbocycles. The van der Waals surface area contributed by atoms with Gasteiger partial charge in [0, 0.05) is 24.7 Å². The Morgan fingerprint density at radius 1 is 1.16 bits per heavy atom. The minimum atomic E-state index is -3.42. The summed E-state index contributed by atoms with van der Waals surface area (Å²) in [5, 5.41) is 3.08. The fraction of sp³-hybridized carbons (Fsp3) is 0.714. The lowest BCUT2D eigenvalue weighted by Crippen LogP contribution is -2.51. The van der Waals surface area contributed by atoms with E-state index in [9.17, 15) is 13.2 Å². The number of aryl methyl sites for hydroxylation is 2. The first-order chi connectivity index (χ1) is 17.7. The molecule has 1 unspecified atom stereocenters. The van der Waals surface area contributed by atoms with Crippen molar-refractivity contribution in [2.24, 2.45) is 16.8 Å². The molecule has 2 saturated heterocycles. The van der Waals surface area contributed by atoms with E-state index >= 15 is 0 Å². The van der Waals surface area contributed by atoms with E-state index in [4.69, 9.17) is 9.73 Å². The molecule has 1 N–H and O–H groups in total. The summed E-state index contributed by atoms with van der Waals surface area (Å²) in [7, 11) is -3.42. The molecule has 37 heavy (non-hydrogen) atoms. The van der Waals surface area contributed by atoms with Crippen molar-refractivity contribution >= 4 is 27.5 Å². The van der Waals surface area contributed by atoms with Crippen LogP contribution in [-0.4, -0.2) is 68.2 Å². The number of piperidine rings is 1. The van der Waals surface area contributed by atoms with Crippen LogP contribution in [0.25, 0.3) is 0 Å². The van der Waals surface area contributed by atoms with Crippen molar-refractivity contribution in [1.29, 1.82) is 0 Å². The first kappa shape index (κ1) is 26.6. The molecule has 3 aliphatic heterocycles. The molecule has 8 nitrogen and oxygen atoms in total. The highest BCUT2D eigenvalue weighted by molar-refractivity contribution is 7.89. The van der Waals surface area contributed by atoms with Crippen molar-refractivity contribution in [2.45, 2.75) is 83.7 Å². The maximum Gasteiger partial charge on any atom is 0.253 e. The van der Waals surface area contributed by atoms with Gasteiger partial charge in [0.15, 0.2) is 0 Å². The van der Waals surface area contributed by atoms with E-state index in [2.05, 4.69) is 36.2 Å². The second kappa shape index (κ2) is 10.7. The smallest absolute Gasteiger partial charge is 0.253 e. The summed E-state index contributed by atoms with van der Waals surface area (Å²) in [4.78, 5) is 20.1. The number of anilines is 1. The maximum absolute atomic E-state index is 13.2. The number of hydrogen-bond donors (Lipinski definition) is 1. The van der Waals surface area contributed by atoms with Crippen LogP contribution in [0, 0.1) is 18.8 Å². The third kappa shape index (κ3) is 5.45. The minimum Gasteiger partial charge on any atom is -0.359 e. The number of amides is 1. The number of carbonyl (C=O) groups is 1. The number of amidine groups is 1. The van der Waals surface area contributed by atoms with Crippen LogP contribution in [0.2, 0.25) is 0 Å². The number of nitrogens with zero attached hydrogens (tertiary/aromatic N) is 3. The Morgan fingerprint density at radius 2 is 1.89 bits per heavy atom. The van der Waals surface area contributed by atoms with Gasteiger partial charge in [-0.3, -0.25) is 9.79 Å². The van der Waals surface area contributed by atoms with Crippen LogP contribution >= 0.6 is 0 Å². The lowest BCUT2D eigenvalue weighted by atomic mass is 9.80. The lowest BCUT2D eigenvalue weighted by molar-refractivity contribution is -0.125. The molecule has 0 aromatic heterocycles. The van der Waals surface area contributed by atoms with E-state index < -0.39 is 15.6 Å². The van der Waals surface area contributed by atoms with Gasteiger partial charge in [0.25, 0.3) is 5.91 Å². The van der Waals surface area contributed by atoms with Crippen LogP contribution in [-0.2, 0) is 26.0 Å². The number of benzene rings is 1. The molecule has 3 heterocycles. The Kier molecular flexibility index (Phi) is 7.67. The van der Waals surface area contributed by atoms with Gasteiger partial charge in [0.05, 0.1) is 18.4 Å². The Morgan fingerprint density at radius 3 is 2.51 bits per heavy atom. The zero-order chi connectivity index (χ0) is 26.2. The molecule has 4 aliphatic rings. The number of carbonyl (C=O) groups excluding carboxylic acids is 1.